The molecule has 0 aliphatic heterocycles. The molecule has 3 rings (SSSR count). The average Bonchev–Trinajstić information content (AvgIpc) is 3.26. The molecule has 2 aromatic heterocycles. The van der Waals surface area contributed by atoms with Gasteiger partial charge >= 0.3 is 0 Å². The van der Waals surface area contributed by atoms with Crippen LogP contribution in [0.5, 0.6) is 0 Å². The lowest BCUT2D eigenvalue weighted by Gasteiger charge is -2.12. The fourth-order valence-corrected chi connectivity index (χ4v) is 4.34. The van der Waals surface area contributed by atoms with Crippen molar-refractivity contribution in [1.29, 1.82) is 0 Å². The van der Waals surface area contributed by atoms with E-state index in [0.717, 1.165) is 46.3 Å². The molecule has 0 saturated heterocycles. The Morgan fingerprint density at radius 1 is 1.19 bits per heavy atom. The Kier molecular flexibility index (Phi) is 8.12. The van der Waals surface area contributed by atoms with Crippen LogP contribution in [0.3, 0.4) is 0 Å². The highest BCUT2D eigenvalue weighted by atomic mass is 32.2. The maximum atomic E-state index is 12.9. The zero-order valence-electron chi connectivity index (χ0n) is 18.3. The van der Waals surface area contributed by atoms with Gasteiger partial charge in [-0.3, -0.25) is 14.2 Å². The summed E-state index contributed by atoms with van der Waals surface area (Å²) in [7, 11) is 1.78. The minimum absolute atomic E-state index is 0.00816. The second kappa shape index (κ2) is 11.0. The second-order valence-electron chi connectivity index (χ2n) is 7.65. The highest BCUT2D eigenvalue weighted by Crippen LogP contribution is 2.18. The van der Waals surface area contributed by atoms with Gasteiger partial charge in [-0.2, -0.15) is 0 Å². The van der Waals surface area contributed by atoms with Gasteiger partial charge < -0.3 is 9.73 Å². The van der Waals surface area contributed by atoms with Crippen molar-refractivity contribution >= 4 is 17.7 Å². The molecule has 1 amide bonds. The number of hydrogen-bond acceptors (Lipinski definition) is 5. The molecular formula is C24H29N3O3S. The molecular weight excluding hydrogens is 410 g/mol. The molecule has 6 nitrogen and oxygen atoms in total. The molecule has 0 aliphatic carbocycles. The Morgan fingerprint density at radius 2 is 2.03 bits per heavy atom. The molecule has 0 bridgehead atoms. The normalized spacial score (nSPS) is 10.9. The molecule has 0 aliphatic rings. The number of unbranched alkanes of at least 4 members (excludes halogenated alkanes) is 1. The third kappa shape index (κ3) is 6.59. The molecule has 0 unspecified atom stereocenters. The second-order valence-corrected chi connectivity index (χ2v) is 8.71. The van der Waals surface area contributed by atoms with Gasteiger partial charge in [0.25, 0.3) is 5.56 Å². The number of nitrogens with one attached hydrogen (secondary N) is 1. The third-order valence-corrected chi connectivity index (χ3v) is 6.20. The summed E-state index contributed by atoms with van der Waals surface area (Å²) < 4.78 is 6.84. The Bertz CT molecular complexity index is 1070. The summed E-state index contributed by atoms with van der Waals surface area (Å²) in [6.07, 6.45) is 4.32. The van der Waals surface area contributed by atoms with Crippen LogP contribution in [0.1, 0.15) is 47.4 Å². The number of carbonyl (C=O) groups excluding carboxylic acids is 1. The van der Waals surface area contributed by atoms with Gasteiger partial charge in [0.2, 0.25) is 5.91 Å². The number of rotatable bonds is 10. The van der Waals surface area contributed by atoms with Gasteiger partial charge in [-0.05, 0) is 44.4 Å². The van der Waals surface area contributed by atoms with E-state index in [1.54, 1.807) is 35.7 Å². The Balaban J connectivity index is 1.48. The molecule has 3 aromatic rings. The van der Waals surface area contributed by atoms with E-state index in [4.69, 9.17) is 4.42 Å². The smallest absolute Gasteiger partial charge is 0.257 e. The van der Waals surface area contributed by atoms with Crippen LogP contribution in [0.2, 0.25) is 0 Å². The summed E-state index contributed by atoms with van der Waals surface area (Å²) in [5.74, 6) is 1.57. The van der Waals surface area contributed by atoms with Crippen molar-refractivity contribution in [3.63, 3.8) is 0 Å². The van der Waals surface area contributed by atoms with Gasteiger partial charge in [0.15, 0.2) is 5.16 Å². The van der Waals surface area contributed by atoms with Crippen LogP contribution >= 0.6 is 11.8 Å². The predicted octanol–water partition coefficient (Wildman–Crippen LogP) is 4.16. The van der Waals surface area contributed by atoms with Gasteiger partial charge in [-0.1, -0.05) is 41.6 Å². The topological polar surface area (TPSA) is 77.1 Å². The van der Waals surface area contributed by atoms with E-state index in [1.807, 2.05) is 25.1 Å². The number of amides is 1. The van der Waals surface area contributed by atoms with Crippen molar-refractivity contribution < 1.29 is 9.21 Å². The van der Waals surface area contributed by atoms with E-state index in [0.29, 0.717) is 19.4 Å². The molecule has 1 aromatic carbocycles. The molecule has 1 N–H and O–H groups in total. The number of thioether (sulfide) groups is 1. The van der Waals surface area contributed by atoms with E-state index >= 15 is 0 Å². The minimum atomic E-state index is 0.00816. The average molecular weight is 440 g/mol. The largest absolute Gasteiger partial charge is 0.467 e. The highest BCUT2D eigenvalue weighted by Gasteiger charge is 2.13. The summed E-state index contributed by atoms with van der Waals surface area (Å²) in [6, 6.07) is 11.8. The van der Waals surface area contributed by atoms with Gasteiger partial charge in [-0.15, -0.1) is 0 Å². The fourth-order valence-electron chi connectivity index (χ4n) is 3.33. The van der Waals surface area contributed by atoms with Gasteiger partial charge in [0, 0.05) is 36.9 Å². The lowest BCUT2D eigenvalue weighted by molar-refractivity contribution is -0.121. The van der Waals surface area contributed by atoms with Crippen molar-refractivity contribution in [1.82, 2.24) is 14.9 Å². The van der Waals surface area contributed by atoms with E-state index in [-0.39, 0.29) is 11.5 Å². The number of aromatic nitrogens is 2. The van der Waals surface area contributed by atoms with Crippen molar-refractivity contribution in [3.8, 4) is 0 Å². The van der Waals surface area contributed by atoms with Crippen LogP contribution in [0.4, 0.5) is 0 Å². The first-order valence-corrected chi connectivity index (χ1v) is 11.5. The van der Waals surface area contributed by atoms with Gasteiger partial charge in [-0.25, -0.2) is 4.98 Å². The monoisotopic (exact) mass is 439 g/mol. The van der Waals surface area contributed by atoms with Crippen molar-refractivity contribution in [2.75, 3.05) is 5.75 Å². The van der Waals surface area contributed by atoms with Crippen LogP contribution in [-0.2, 0) is 24.8 Å². The van der Waals surface area contributed by atoms with E-state index < -0.39 is 0 Å². The Hall–Kier alpha value is -2.80. The van der Waals surface area contributed by atoms with E-state index in [9.17, 15) is 9.59 Å². The zero-order chi connectivity index (χ0) is 22.2. The predicted molar refractivity (Wildman–Crippen MR) is 123 cm³/mol. The number of benzene rings is 1. The number of furan rings is 1. The molecule has 2 heterocycles. The van der Waals surface area contributed by atoms with Crippen molar-refractivity contribution in [3.05, 3.63) is 81.2 Å². The van der Waals surface area contributed by atoms with Crippen LogP contribution in [0.15, 0.2) is 57.0 Å². The van der Waals surface area contributed by atoms with Crippen LogP contribution in [0.25, 0.3) is 0 Å². The SMILES string of the molecule is Cc1cccc(Cc2c(C)nc(SCCCCC(=O)NCc3ccco3)n(C)c2=O)c1. The highest BCUT2D eigenvalue weighted by molar-refractivity contribution is 7.99. The minimum Gasteiger partial charge on any atom is -0.467 e. The lowest BCUT2D eigenvalue weighted by atomic mass is 10.0. The molecule has 0 spiro atoms. The number of aryl methyl sites for hydroxylation is 2. The van der Waals surface area contributed by atoms with Crippen LogP contribution in [0, 0.1) is 13.8 Å². The van der Waals surface area contributed by atoms with Crippen molar-refractivity contribution in [2.45, 2.75) is 51.2 Å². The first kappa shape index (κ1) is 22.9. The van der Waals surface area contributed by atoms with Gasteiger partial charge in [0.1, 0.15) is 5.76 Å². The standard InChI is InChI=1S/C24H29N3O3S/c1-17-8-6-9-19(14-17)15-21-18(2)26-24(27(3)23(21)29)31-13-5-4-11-22(28)25-16-20-10-7-12-30-20/h6-10,12,14H,4-5,11,13,15-16H2,1-3H3,(H,25,28). The summed E-state index contributed by atoms with van der Waals surface area (Å²) in [6.45, 7) is 4.37. The third-order valence-electron chi connectivity index (χ3n) is 5.08. The molecule has 31 heavy (non-hydrogen) atoms. The lowest BCUT2D eigenvalue weighted by Crippen LogP contribution is -2.25. The first-order chi connectivity index (χ1) is 14.9. The summed E-state index contributed by atoms with van der Waals surface area (Å²) >= 11 is 1.56. The first-order valence-electron chi connectivity index (χ1n) is 10.5. The van der Waals surface area contributed by atoms with E-state index in [2.05, 4.69) is 29.4 Å². The number of hydrogen-bond donors (Lipinski definition) is 1. The molecule has 164 valence electrons. The van der Waals surface area contributed by atoms with E-state index in [1.165, 1.54) is 5.56 Å². The maximum absolute atomic E-state index is 12.9. The molecule has 0 radical (unpaired) electrons. The number of nitrogens with zero attached hydrogens (tertiary/aromatic N) is 2. The molecule has 0 fully saturated rings. The van der Waals surface area contributed by atoms with Gasteiger partial charge in [0.05, 0.1) is 12.8 Å². The van der Waals surface area contributed by atoms with Crippen molar-refractivity contribution in [2.24, 2.45) is 7.05 Å². The quantitative estimate of drug-likeness (QED) is 0.292. The summed E-state index contributed by atoms with van der Waals surface area (Å²) in [4.78, 5) is 29.5. The maximum Gasteiger partial charge on any atom is 0.257 e. The number of carbonyl (C=O) groups is 1. The fraction of sp³-hybridized carbons (Fsp3) is 0.375. The Morgan fingerprint density at radius 3 is 2.77 bits per heavy atom. The summed E-state index contributed by atoms with van der Waals surface area (Å²) in [5, 5.41) is 3.57. The van der Waals surface area contributed by atoms with Crippen LogP contribution < -0.4 is 10.9 Å². The Labute approximate surface area is 187 Å². The zero-order valence-corrected chi connectivity index (χ0v) is 19.1. The molecule has 0 atom stereocenters. The molecule has 7 heteroatoms. The van der Waals surface area contributed by atoms with Crippen LogP contribution in [-0.4, -0.2) is 21.2 Å². The summed E-state index contributed by atoms with van der Waals surface area (Å²) in [5.41, 5.74) is 3.83. The molecule has 0 saturated carbocycles.